The van der Waals surface area contributed by atoms with E-state index in [9.17, 15) is 9.18 Å². The maximum Gasteiger partial charge on any atom is 0.252 e. The van der Waals surface area contributed by atoms with E-state index in [4.69, 9.17) is 0 Å². The summed E-state index contributed by atoms with van der Waals surface area (Å²) in [6.45, 7) is 1.69. The number of carbonyl (C=O) groups is 1. The Morgan fingerprint density at radius 1 is 1.30 bits per heavy atom. The lowest BCUT2D eigenvalue weighted by atomic mass is 9.84. The molecule has 0 saturated carbocycles. The minimum atomic E-state index is -0.213. The Kier molecular flexibility index (Phi) is 2.59. The van der Waals surface area contributed by atoms with Crippen LogP contribution in [0.25, 0.3) is 0 Å². The number of rotatable bonds is 0. The molecule has 3 heterocycles. The van der Waals surface area contributed by atoms with Crippen molar-refractivity contribution in [3.05, 3.63) is 46.4 Å². The van der Waals surface area contributed by atoms with E-state index in [2.05, 4.69) is 5.32 Å². The van der Waals surface area contributed by atoms with Crippen molar-refractivity contribution in [1.29, 1.82) is 0 Å². The molecule has 3 nitrogen and oxygen atoms in total. The first-order valence-corrected chi connectivity index (χ1v) is 7.29. The first-order chi connectivity index (χ1) is 9.74. The Hall–Kier alpha value is -1.84. The summed E-state index contributed by atoms with van der Waals surface area (Å²) in [6.07, 6.45) is 3.53. The first-order valence-electron chi connectivity index (χ1n) is 7.29. The number of benzene rings is 1. The number of fused-ring (bicyclic) bond motifs is 3. The average molecular weight is 272 g/mol. The van der Waals surface area contributed by atoms with Gasteiger partial charge in [-0.3, -0.25) is 4.79 Å². The highest BCUT2D eigenvalue weighted by Gasteiger charge is 2.38. The van der Waals surface area contributed by atoms with Crippen LogP contribution < -0.4 is 5.32 Å². The van der Waals surface area contributed by atoms with E-state index in [0.29, 0.717) is 0 Å². The minimum Gasteiger partial charge on any atom is -0.388 e. The second-order valence-electron chi connectivity index (χ2n) is 5.80. The molecule has 4 rings (SSSR count). The van der Waals surface area contributed by atoms with Gasteiger partial charge in [0.15, 0.2) is 0 Å². The fraction of sp³-hybridized carbons (Fsp3) is 0.438. The van der Waals surface area contributed by atoms with Gasteiger partial charge in [-0.1, -0.05) is 6.07 Å². The zero-order valence-corrected chi connectivity index (χ0v) is 11.3. The van der Waals surface area contributed by atoms with Gasteiger partial charge in [0.2, 0.25) is 0 Å². The Bertz CT molecular complexity index is 623. The number of carbonyl (C=O) groups excluding carboxylic acids is 1. The van der Waals surface area contributed by atoms with Crippen LogP contribution in [-0.2, 0) is 11.2 Å². The van der Waals surface area contributed by atoms with Crippen LogP contribution in [-0.4, -0.2) is 23.9 Å². The van der Waals surface area contributed by atoms with Gasteiger partial charge >= 0.3 is 0 Å². The van der Waals surface area contributed by atoms with Gasteiger partial charge in [0.1, 0.15) is 5.82 Å². The molecule has 1 unspecified atom stereocenters. The van der Waals surface area contributed by atoms with Gasteiger partial charge in [-0.25, -0.2) is 4.39 Å². The molecule has 1 amide bonds. The second-order valence-corrected chi connectivity index (χ2v) is 5.80. The molecule has 0 fully saturated rings. The highest BCUT2D eigenvalue weighted by atomic mass is 19.1. The molecule has 0 aromatic heterocycles. The van der Waals surface area contributed by atoms with Crippen LogP contribution in [0.15, 0.2) is 29.5 Å². The lowest BCUT2D eigenvalue weighted by Gasteiger charge is -2.43. The highest BCUT2D eigenvalue weighted by molar-refractivity contribution is 5.95. The highest BCUT2D eigenvalue weighted by Crippen LogP contribution is 2.40. The Balaban J connectivity index is 1.79. The maximum atomic E-state index is 13.6. The molecule has 4 heteroatoms. The van der Waals surface area contributed by atoms with Crippen LogP contribution in [0.5, 0.6) is 0 Å². The summed E-state index contributed by atoms with van der Waals surface area (Å²) in [5.41, 5.74) is 4.20. The van der Waals surface area contributed by atoms with Crippen LogP contribution in [0.2, 0.25) is 0 Å². The van der Waals surface area contributed by atoms with Gasteiger partial charge in [-0.15, -0.1) is 0 Å². The lowest BCUT2D eigenvalue weighted by molar-refractivity contribution is -0.131. The van der Waals surface area contributed by atoms with E-state index in [-0.39, 0.29) is 17.8 Å². The molecule has 104 valence electrons. The quantitative estimate of drug-likeness (QED) is 0.786. The third-order valence-corrected chi connectivity index (χ3v) is 4.69. The molecule has 3 aliphatic rings. The second kappa shape index (κ2) is 4.33. The molecule has 0 radical (unpaired) electrons. The Labute approximate surface area is 117 Å². The molecular weight excluding hydrogens is 255 g/mol. The number of nitrogens with one attached hydrogen (secondary N) is 1. The van der Waals surface area contributed by atoms with Crippen molar-refractivity contribution in [1.82, 2.24) is 10.2 Å². The summed E-state index contributed by atoms with van der Waals surface area (Å²) >= 11 is 0. The van der Waals surface area contributed by atoms with Gasteiger partial charge in [0, 0.05) is 30.8 Å². The molecule has 0 bridgehead atoms. The fourth-order valence-corrected chi connectivity index (χ4v) is 3.69. The summed E-state index contributed by atoms with van der Waals surface area (Å²) in [7, 11) is 0. The van der Waals surface area contributed by atoms with E-state index in [1.165, 1.54) is 11.6 Å². The number of hydrogen-bond donors (Lipinski definition) is 1. The van der Waals surface area contributed by atoms with Crippen molar-refractivity contribution in [2.75, 3.05) is 13.1 Å². The molecule has 1 aromatic carbocycles. The number of halogens is 1. The SMILES string of the molecule is O=C1C2=C(CC3c4cc(F)ccc4CCN13)NCCC2. The molecule has 0 spiro atoms. The number of amides is 1. The van der Waals surface area contributed by atoms with Gasteiger partial charge in [-0.05, 0) is 42.5 Å². The monoisotopic (exact) mass is 272 g/mol. The minimum absolute atomic E-state index is 0.00583. The molecule has 3 aliphatic heterocycles. The summed E-state index contributed by atoms with van der Waals surface area (Å²) < 4.78 is 13.6. The zero-order valence-electron chi connectivity index (χ0n) is 11.3. The summed E-state index contributed by atoms with van der Waals surface area (Å²) in [5.74, 6) is -0.0622. The molecule has 0 saturated heterocycles. The lowest BCUT2D eigenvalue weighted by Crippen LogP contribution is -2.46. The van der Waals surface area contributed by atoms with E-state index in [0.717, 1.165) is 55.6 Å². The fourth-order valence-electron chi connectivity index (χ4n) is 3.69. The molecule has 0 aliphatic carbocycles. The van der Waals surface area contributed by atoms with Gasteiger partial charge < -0.3 is 10.2 Å². The third kappa shape index (κ3) is 1.67. The van der Waals surface area contributed by atoms with Crippen LogP contribution in [0, 0.1) is 5.82 Å². The number of hydrogen-bond acceptors (Lipinski definition) is 2. The molecule has 1 atom stereocenters. The van der Waals surface area contributed by atoms with E-state index in [1.807, 2.05) is 11.0 Å². The molecule has 1 N–H and O–H groups in total. The van der Waals surface area contributed by atoms with Gasteiger partial charge in [0.25, 0.3) is 5.91 Å². The van der Waals surface area contributed by atoms with Crippen molar-refractivity contribution in [2.24, 2.45) is 0 Å². The van der Waals surface area contributed by atoms with E-state index < -0.39 is 0 Å². The topological polar surface area (TPSA) is 32.3 Å². The van der Waals surface area contributed by atoms with Crippen LogP contribution >= 0.6 is 0 Å². The summed E-state index contributed by atoms with van der Waals surface area (Å²) in [5, 5.41) is 3.37. The number of nitrogens with zero attached hydrogens (tertiary/aromatic N) is 1. The zero-order chi connectivity index (χ0) is 13.7. The van der Waals surface area contributed by atoms with Crippen LogP contribution in [0.1, 0.15) is 36.4 Å². The van der Waals surface area contributed by atoms with Crippen molar-refractivity contribution in [3.63, 3.8) is 0 Å². The van der Waals surface area contributed by atoms with Crippen molar-refractivity contribution < 1.29 is 9.18 Å². The van der Waals surface area contributed by atoms with E-state index in [1.54, 1.807) is 6.07 Å². The largest absolute Gasteiger partial charge is 0.388 e. The standard InChI is InChI=1S/C16H17FN2O/c17-11-4-3-10-5-7-19-15(13(10)8-11)9-14-12(16(19)20)2-1-6-18-14/h3-4,8,15,18H,1-2,5-7,9H2. The summed E-state index contributed by atoms with van der Waals surface area (Å²) in [4.78, 5) is 14.6. The van der Waals surface area contributed by atoms with Crippen LogP contribution in [0.3, 0.4) is 0 Å². The molecule has 20 heavy (non-hydrogen) atoms. The molecule has 1 aromatic rings. The van der Waals surface area contributed by atoms with Gasteiger partial charge in [-0.2, -0.15) is 0 Å². The Morgan fingerprint density at radius 3 is 3.10 bits per heavy atom. The molecular formula is C16H17FN2O. The normalized spacial score (nSPS) is 24.8. The third-order valence-electron chi connectivity index (χ3n) is 4.69. The van der Waals surface area contributed by atoms with Gasteiger partial charge in [0.05, 0.1) is 6.04 Å². The van der Waals surface area contributed by atoms with Crippen LogP contribution in [0.4, 0.5) is 4.39 Å². The predicted octanol–water partition coefficient (Wildman–Crippen LogP) is 2.29. The van der Waals surface area contributed by atoms with Crippen molar-refractivity contribution in [2.45, 2.75) is 31.7 Å². The predicted molar refractivity (Wildman–Crippen MR) is 73.4 cm³/mol. The average Bonchev–Trinajstić information content (AvgIpc) is 2.47. The van der Waals surface area contributed by atoms with Crippen molar-refractivity contribution in [3.8, 4) is 0 Å². The van der Waals surface area contributed by atoms with E-state index >= 15 is 0 Å². The Morgan fingerprint density at radius 2 is 2.20 bits per heavy atom. The summed E-state index contributed by atoms with van der Waals surface area (Å²) in [6, 6.07) is 4.99. The van der Waals surface area contributed by atoms with Crippen molar-refractivity contribution >= 4 is 5.91 Å². The smallest absolute Gasteiger partial charge is 0.252 e. The maximum absolute atomic E-state index is 13.6. The first kappa shape index (κ1) is 11.9.